The zero-order valence-corrected chi connectivity index (χ0v) is 14.6. The Morgan fingerprint density at radius 3 is 2.28 bits per heavy atom. The normalized spacial score (nSPS) is 11.3. The van der Waals surface area contributed by atoms with Gasteiger partial charge in [-0.25, -0.2) is 17.8 Å². The summed E-state index contributed by atoms with van der Waals surface area (Å²) >= 11 is 0. The number of nitrogens with one attached hydrogen (secondary N) is 1. The Hall–Kier alpha value is -2.93. The number of hydrogen-bond acceptors (Lipinski definition) is 4. The third-order valence-electron chi connectivity index (χ3n) is 3.68. The number of aryl methyl sites for hydroxylation is 2. The molecule has 0 bridgehead atoms. The molecule has 0 fully saturated rings. The fourth-order valence-corrected chi connectivity index (χ4v) is 3.33. The molecule has 0 atom stereocenters. The quantitative estimate of drug-likeness (QED) is 0.780. The van der Waals surface area contributed by atoms with E-state index in [1.54, 1.807) is 29.8 Å². The largest absolute Gasteiger partial charge is 0.285 e. The highest BCUT2D eigenvalue weighted by Gasteiger charge is 2.21. The second-order valence-corrected chi connectivity index (χ2v) is 7.35. The highest BCUT2D eigenvalue weighted by Crippen LogP contribution is 2.14. The Balaban J connectivity index is 1.86. The van der Waals surface area contributed by atoms with Crippen LogP contribution in [0.2, 0.25) is 0 Å². The first-order valence-electron chi connectivity index (χ1n) is 7.63. The number of amides is 1. The number of hydrogen-bond donors (Lipinski definition) is 1. The molecule has 1 heterocycles. The summed E-state index contributed by atoms with van der Waals surface area (Å²) in [7, 11) is -3.94. The lowest BCUT2D eigenvalue weighted by molar-refractivity contribution is 0.0976. The summed E-state index contributed by atoms with van der Waals surface area (Å²) in [4.78, 5) is 12.4. The first-order valence-corrected chi connectivity index (χ1v) is 9.11. The molecule has 128 valence electrons. The summed E-state index contributed by atoms with van der Waals surface area (Å²) in [5, 5.41) is 4.21. The molecular formula is C18H17N3O3S. The minimum absolute atomic E-state index is 0.0330. The van der Waals surface area contributed by atoms with Crippen LogP contribution in [0.15, 0.2) is 65.6 Å². The fourth-order valence-electron chi connectivity index (χ4n) is 2.37. The van der Waals surface area contributed by atoms with E-state index >= 15 is 0 Å². The van der Waals surface area contributed by atoms with Crippen LogP contribution < -0.4 is 4.72 Å². The van der Waals surface area contributed by atoms with Crippen LogP contribution in [0.3, 0.4) is 0 Å². The highest BCUT2D eigenvalue weighted by molar-refractivity contribution is 7.90. The van der Waals surface area contributed by atoms with E-state index in [9.17, 15) is 13.2 Å². The van der Waals surface area contributed by atoms with E-state index in [1.807, 2.05) is 37.3 Å². The van der Waals surface area contributed by atoms with E-state index in [2.05, 4.69) is 9.82 Å². The van der Waals surface area contributed by atoms with Gasteiger partial charge in [0.2, 0.25) is 0 Å². The van der Waals surface area contributed by atoms with Crippen LogP contribution >= 0.6 is 0 Å². The fraction of sp³-hybridized carbons (Fsp3) is 0.111. The van der Waals surface area contributed by atoms with Gasteiger partial charge in [0, 0.05) is 5.69 Å². The van der Waals surface area contributed by atoms with Gasteiger partial charge in [-0.3, -0.25) is 4.79 Å². The van der Waals surface area contributed by atoms with E-state index < -0.39 is 15.9 Å². The molecule has 1 N–H and O–H groups in total. The predicted octanol–water partition coefficient (Wildman–Crippen LogP) is 2.61. The SMILES string of the molecule is Cc1ccc(S(=O)(=O)NC(=O)c2cc(C)n(-c3ccccc3)n2)cc1. The molecule has 6 nitrogen and oxygen atoms in total. The number of para-hydroxylation sites is 1. The third-order valence-corrected chi connectivity index (χ3v) is 5.03. The molecule has 0 saturated heterocycles. The van der Waals surface area contributed by atoms with E-state index in [4.69, 9.17) is 0 Å². The molecule has 0 spiro atoms. The lowest BCUT2D eigenvalue weighted by atomic mass is 10.2. The Labute approximate surface area is 146 Å². The van der Waals surface area contributed by atoms with Crippen molar-refractivity contribution in [3.63, 3.8) is 0 Å². The van der Waals surface area contributed by atoms with Crippen molar-refractivity contribution in [1.29, 1.82) is 0 Å². The Kier molecular flexibility index (Phi) is 4.41. The number of aromatic nitrogens is 2. The molecule has 2 aromatic carbocycles. The number of rotatable bonds is 4. The molecule has 0 aliphatic heterocycles. The van der Waals surface area contributed by atoms with Gasteiger partial charge in [0.1, 0.15) is 0 Å². The van der Waals surface area contributed by atoms with Gasteiger partial charge in [0.15, 0.2) is 5.69 Å². The van der Waals surface area contributed by atoms with Crippen molar-refractivity contribution in [1.82, 2.24) is 14.5 Å². The van der Waals surface area contributed by atoms with Crippen molar-refractivity contribution in [2.75, 3.05) is 0 Å². The van der Waals surface area contributed by atoms with Crippen LogP contribution in [0.4, 0.5) is 0 Å². The molecule has 0 unspecified atom stereocenters. The predicted molar refractivity (Wildman–Crippen MR) is 94.1 cm³/mol. The number of benzene rings is 2. The van der Waals surface area contributed by atoms with E-state index in [0.29, 0.717) is 0 Å². The Morgan fingerprint density at radius 2 is 1.64 bits per heavy atom. The lowest BCUT2D eigenvalue weighted by Crippen LogP contribution is -2.31. The van der Waals surface area contributed by atoms with E-state index in [0.717, 1.165) is 16.9 Å². The minimum Gasteiger partial charge on any atom is -0.266 e. The summed E-state index contributed by atoms with van der Waals surface area (Å²) in [5.41, 5.74) is 2.49. The van der Waals surface area contributed by atoms with Crippen molar-refractivity contribution < 1.29 is 13.2 Å². The minimum atomic E-state index is -3.94. The zero-order valence-electron chi connectivity index (χ0n) is 13.8. The van der Waals surface area contributed by atoms with Crippen molar-refractivity contribution >= 4 is 15.9 Å². The first-order chi connectivity index (χ1) is 11.9. The van der Waals surface area contributed by atoms with Crippen LogP contribution in [0.1, 0.15) is 21.7 Å². The maximum atomic E-state index is 12.3. The number of sulfonamides is 1. The van der Waals surface area contributed by atoms with Gasteiger partial charge in [0.25, 0.3) is 15.9 Å². The van der Waals surface area contributed by atoms with Crippen LogP contribution in [0.5, 0.6) is 0 Å². The van der Waals surface area contributed by atoms with Crippen LogP contribution in [-0.4, -0.2) is 24.1 Å². The highest BCUT2D eigenvalue weighted by atomic mass is 32.2. The number of carbonyl (C=O) groups excluding carboxylic acids is 1. The number of carbonyl (C=O) groups is 1. The third kappa shape index (κ3) is 3.61. The smallest absolute Gasteiger partial charge is 0.266 e. The average molecular weight is 355 g/mol. The molecule has 1 aromatic heterocycles. The van der Waals surface area contributed by atoms with E-state index in [1.165, 1.54) is 12.1 Å². The second kappa shape index (κ2) is 6.52. The monoisotopic (exact) mass is 355 g/mol. The summed E-state index contributed by atoms with van der Waals surface area (Å²) in [6.45, 7) is 3.65. The van der Waals surface area contributed by atoms with Crippen LogP contribution in [0.25, 0.3) is 5.69 Å². The Morgan fingerprint density at radius 1 is 1.00 bits per heavy atom. The standard InChI is InChI=1S/C18H17N3O3S/c1-13-8-10-16(11-9-13)25(23,24)20-18(22)17-12-14(2)21(19-17)15-6-4-3-5-7-15/h3-12H,1-2H3,(H,20,22). The van der Waals surface area contributed by atoms with Gasteiger partial charge in [-0.2, -0.15) is 5.10 Å². The van der Waals surface area contributed by atoms with Crippen LogP contribution in [0, 0.1) is 13.8 Å². The molecule has 0 radical (unpaired) electrons. The summed E-state index contributed by atoms with van der Waals surface area (Å²) in [6.07, 6.45) is 0. The van der Waals surface area contributed by atoms with Crippen molar-refractivity contribution in [3.05, 3.63) is 77.6 Å². The maximum Gasteiger partial charge on any atom is 0.285 e. The number of nitrogens with zero attached hydrogens (tertiary/aromatic N) is 2. The molecule has 0 saturated carbocycles. The molecule has 3 rings (SSSR count). The lowest BCUT2D eigenvalue weighted by Gasteiger charge is -2.06. The summed E-state index contributed by atoms with van der Waals surface area (Å²) in [6, 6.07) is 17.1. The van der Waals surface area contributed by atoms with E-state index in [-0.39, 0.29) is 10.6 Å². The summed E-state index contributed by atoms with van der Waals surface area (Å²) in [5.74, 6) is -0.765. The van der Waals surface area contributed by atoms with Crippen LogP contribution in [-0.2, 0) is 10.0 Å². The first kappa shape index (κ1) is 16.9. The zero-order chi connectivity index (χ0) is 18.0. The molecule has 1 amide bonds. The molecule has 25 heavy (non-hydrogen) atoms. The van der Waals surface area contributed by atoms with Gasteiger partial charge in [-0.15, -0.1) is 0 Å². The second-order valence-electron chi connectivity index (χ2n) is 5.67. The van der Waals surface area contributed by atoms with Gasteiger partial charge in [-0.1, -0.05) is 35.9 Å². The van der Waals surface area contributed by atoms with Crippen molar-refractivity contribution in [2.24, 2.45) is 0 Å². The maximum absolute atomic E-state index is 12.3. The van der Waals surface area contributed by atoms with Gasteiger partial charge >= 0.3 is 0 Å². The van der Waals surface area contributed by atoms with Gasteiger partial charge in [-0.05, 0) is 44.2 Å². The van der Waals surface area contributed by atoms with Crippen molar-refractivity contribution in [2.45, 2.75) is 18.7 Å². The van der Waals surface area contributed by atoms with Crippen molar-refractivity contribution in [3.8, 4) is 5.69 Å². The van der Waals surface area contributed by atoms with Gasteiger partial charge in [0.05, 0.1) is 10.6 Å². The van der Waals surface area contributed by atoms with Gasteiger partial charge < -0.3 is 0 Å². The molecule has 0 aliphatic carbocycles. The Bertz CT molecular complexity index is 1010. The molecule has 7 heteroatoms. The molecule has 0 aliphatic rings. The summed E-state index contributed by atoms with van der Waals surface area (Å²) < 4.78 is 28.3. The topological polar surface area (TPSA) is 81.1 Å². The average Bonchev–Trinajstić information content (AvgIpc) is 2.98. The molecular weight excluding hydrogens is 338 g/mol. The molecule has 3 aromatic rings.